The number of nitrogens with one attached hydrogen (secondary N) is 2. The van der Waals surface area contributed by atoms with Crippen LogP contribution in [0.4, 0.5) is 20.6 Å². The van der Waals surface area contributed by atoms with Gasteiger partial charge >= 0.3 is 6.09 Å². The van der Waals surface area contributed by atoms with Crippen LogP contribution < -0.4 is 10.2 Å². The third-order valence-corrected chi connectivity index (χ3v) is 11.0. The SMILES string of the molecule is O=C(Nc1ccc(CN(Cc2ccc3nc(C4=NCCC4)[nH]c3c2)c2ccc(F)cc2)cc1)C1CCCN1C(=O)OCC1c2ccccc2-c2ccccc21. The van der Waals surface area contributed by atoms with Crippen LogP contribution in [0.2, 0.25) is 0 Å². The number of halogens is 1. The summed E-state index contributed by atoms with van der Waals surface area (Å²) in [6.45, 7) is 2.67. The second-order valence-corrected chi connectivity index (χ2v) is 14.5. The first kappa shape index (κ1) is 34.5. The number of aliphatic imine (C=N–C) groups is 1. The summed E-state index contributed by atoms with van der Waals surface area (Å²) in [6.07, 6.45) is 2.82. The number of nitrogens with zero attached hydrogens (tertiary/aromatic N) is 4. The van der Waals surface area contributed by atoms with Crippen LogP contribution in [0.3, 0.4) is 0 Å². The molecule has 2 N–H and O–H groups in total. The molecule has 2 amide bonds. The summed E-state index contributed by atoms with van der Waals surface area (Å²) < 4.78 is 19.8. The molecule has 6 aromatic rings. The maximum Gasteiger partial charge on any atom is 0.410 e. The Hall–Kier alpha value is -6.29. The van der Waals surface area contributed by atoms with E-state index in [4.69, 9.17) is 9.72 Å². The fourth-order valence-corrected chi connectivity index (χ4v) is 8.21. The first-order chi connectivity index (χ1) is 27.0. The molecule has 1 fully saturated rings. The first-order valence-electron chi connectivity index (χ1n) is 19.0. The second kappa shape index (κ2) is 14.9. The van der Waals surface area contributed by atoms with E-state index in [0.717, 1.165) is 76.3 Å². The molecule has 0 saturated carbocycles. The lowest BCUT2D eigenvalue weighted by Gasteiger charge is -2.26. The highest BCUT2D eigenvalue weighted by Gasteiger charge is 2.36. The Morgan fingerprint density at radius 1 is 0.855 bits per heavy atom. The minimum atomic E-state index is -0.612. The van der Waals surface area contributed by atoms with Crippen molar-refractivity contribution in [1.82, 2.24) is 14.9 Å². The molecule has 1 saturated heterocycles. The number of likely N-dealkylation sites (tertiary alicyclic amines) is 1. The molecule has 3 heterocycles. The molecular weight excluding hydrogens is 692 g/mol. The zero-order valence-corrected chi connectivity index (χ0v) is 30.4. The van der Waals surface area contributed by atoms with Gasteiger partial charge in [-0.05, 0) is 108 Å². The number of imidazole rings is 1. The first-order valence-corrected chi connectivity index (χ1v) is 19.0. The highest BCUT2D eigenvalue weighted by molar-refractivity contribution is 6.00. The topological polar surface area (TPSA) is 103 Å². The number of amides is 2. The average molecular weight is 733 g/mol. The van der Waals surface area contributed by atoms with Gasteiger partial charge in [-0.1, -0.05) is 66.7 Å². The number of H-pyrrole nitrogens is 1. The monoisotopic (exact) mass is 732 g/mol. The third-order valence-electron chi connectivity index (χ3n) is 11.0. The fraction of sp³-hybridized carbons (Fsp3) is 0.244. The van der Waals surface area contributed by atoms with Gasteiger partial charge in [-0.2, -0.15) is 0 Å². The van der Waals surface area contributed by atoms with Gasteiger partial charge in [0.15, 0.2) is 5.82 Å². The maximum absolute atomic E-state index is 13.9. The third kappa shape index (κ3) is 7.07. The number of aromatic amines is 1. The van der Waals surface area contributed by atoms with E-state index < -0.39 is 12.1 Å². The number of benzene rings is 5. The molecule has 0 radical (unpaired) electrons. The van der Waals surface area contributed by atoms with E-state index in [-0.39, 0.29) is 24.2 Å². The summed E-state index contributed by atoms with van der Waals surface area (Å²) in [5, 5.41) is 3.03. The van der Waals surface area contributed by atoms with Crippen LogP contribution in [0, 0.1) is 5.82 Å². The van der Waals surface area contributed by atoms with Crippen molar-refractivity contribution in [3.05, 3.63) is 149 Å². The molecule has 9 nitrogen and oxygen atoms in total. The summed E-state index contributed by atoms with van der Waals surface area (Å²) in [4.78, 5) is 43.5. The van der Waals surface area contributed by atoms with Gasteiger partial charge in [0.2, 0.25) is 5.91 Å². The number of aromatic nitrogens is 2. The van der Waals surface area contributed by atoms with Crippen LogP contribution in [0.15, 0.2) is 120 Å². The van der Waals surface area contributed by atoms with Gasteiger partial charge in [-0.3, -0.25) is 14.7 Å². The second-order valence-electron chi connectivity index (χ2n) is 14.5. The zero-order valence-electron chi connectivity index (χ0n) is 30.4. The molecule has 55 heavy (non-hydrogen) atoms. The standard InChI is InChI=1S/C45H41FN6O3/c46-31-16-20-33(21-17-31)51(27-30-15-22-39-41(25-30)50-43(49-39)40-11-5-23-47-40)26-29-13-18-32(19-14-29)48-44(53)42-12-6-24-52(42)45(54)55-28-38-36-9-3-1-7-34(36)35-8-2-4-10-37(35)38/h1-4,7-10,13-22,25,38,42H,5-6,11-12,23-24,26-28H2,(H,48,53)(H,49,50). The van der Waals surface area contributed by atoms with Crippen LogP contribution in [0.25, 0.3) is 22.2 Å². The molecule has 9 rings (SSSR count). The van der Waals surface area contributed by atoms with Crippen LogP contribution in [0.5, 0.6) is 0 Å². The molecule has 0 bridgehead atoms. The summed E-state index contributed by atoms with van der Waals surface area (Å²) >= 11 is 0. The van der Waals surface area contributed by atoms with Gasteiger partial charge in [0.25, 0.3) is 0 Å². The molecule has 1 atom stereocenters. The van der Waals surface area contributed by atoms with Gasteiger partial charge in [-0.15, -0.1) is 0 Å². The molecule has 5 aromatic carbocycles. The van der Waals surface area contributed by atoms with Gasteiger partial charge in [-0.25, -0.2) is 14.2 Å². The number of ether oxygens (including phenoxy) is 1. The summed E-state index contributed by atoms with van der Waals surface area (Å²) in [5.74, 6) is 0.271. The number of hydrogen-bond donors (Lipinski definition) is 2. The van der Waals surface area contributed by atoms with Crippen molar-refractivity contribution in [2.24, 2.45) is 4.99 Å². The van der Waals surface area contributed by atoms with Crippen molar-refractivity contribution in [3.63, 3.8) is 0 Å². The predicted molar refractivity (Wildman–Crippen MR) is 213 cm³/mol. The summed E-state index contributed by atoms with van der Waals surface area (Å²) in [5.41, 5.74) is 11.2. The zero-order chi connectivity index (χ0) is 37.3. The largest absolute Gasteiger partial charge is 0.448 e. The number of hydrogen-bond acceptors (Lipinski definition) is 6. The van der Waals surface area contributed by atoms with E-state index in [2.05, 4.69) is 56.6 Å². The molecule has 3 aliphatic rings. The average Bonchev–Trinajstić information content (AvgIpc) is 4.04. The minimum absolute atomic E-state index is 0.0472. The van der Waals surface area contributed by atoms with Crippen molar-refractivity contribution in [2.45, 2.75) is 50.7 Å². The molecular formula is C45H41FN6O3. The van der Waals surface area contributed by atoms with Crippen LogP contribution in [-0.4, -0.2) is 58.3 Å². The summed E-state index contributed by atoms with van der Waals surface area (Å²) in [7, 11) is 0. The Kier molecular flexibility index (Phi) is 9.31. The Morgan fingerprint density at radius 3 is 2.29 bits per heavy atom. The Morgan fingerprint density at radius 2 is 1.56 bits per heavy atom. The molecule has 0 spiro atoms. The maximum atomic E-state index is 13.9. The minimum Gasteiger partial charge on any atom is -0.448 e. The Balaban J connectivity index is 0.848. The molecule has 1 unspecified atom stereocenters. The van der Waals surface area contributed by atoms with Crippen LogP contribution >= 0.6 is 0 Å². The van der Waals surface area contributed by atoms with E-state index in [9.17, 15) is 14.0 Å². The van der Waals surface area contributed by atoms with E-state index in [0.29, 0.717) is 31.7 Å². The van der Waals surface area contributed by atoms with Crippen molar-refractivity contribution >= 4 is 40.1 Å². The normalized spacial score (nSPS) is 16.2. The molecule has 2 aliphatic heterocycles. The van der Waals surface area contributed by atoms with E-state index in [1.807, 2.05) is 54.6 Å². The van der Waals surface area contributed by atoms with Crippen molar-refractivity contribution in [3.8, 4) is 11.1 Å². The quantitative estimate of drug-likeness (QED) is 0.147. The van der Waals surface area contributed by atoms with Gasteiger partial charge in [0.1, 0.15) is 18.5 Å². The lowest BCUT2D eigenvalue weighted by atomic mass is 9.98. The lowest BCUT2D eigenvalue weighted by Crippen LogP contribution is -2.43. The van der Waals surface area contributed by atoms with Gasteiger partial charge in [0.05, 0.1) is 16.7 Å². The number of anilines is 2. The molecule has 276 valence electrons. The molecule has 1 aromatic heterocycles. The van der Waals surface area contributed by atoms with Gasteiger partial charge in [0, 0.05) is 43.5 Å². The smallest absolute Gasteiger partial charge is 0.410 e. The predicted octanol–water partition coefficient (Wildman–Crippen LogP) is 8.84. The highest BCUT2D eigenvalue weighted by Crippen LogP contribution is 2.44. The Bertz CT molecular complexity index is 2360. The van der Waals surface area contributed by atoms with E-state index >= 15 is 0 Å². The van der Waals surface area contributed by atoms with Gasteiger partial charge < -0.3 is 19.9 Å². The summed E-state index contributed by atoms with van der Waals surface area (Å²) in [6, 6.07) is 36.3. The molecule has 1 aliphatic carbocycles. The van der Waals surface area contributed by atoms with E-state index in [1.54, 1.807) is 17.0 Å². The number of fused-ring (bicyclic) bond motifs is 4. The number of rotatable bonds is 10. The number of carbonyl (C=O) groups excluding carboxylic acids is 2. The van der Waals surface area contributed by atoms with Crippen molar-refractivity contribution in [2.75, 3.05) is 29.9 Å². The highest BCUT2D eigenvalue weighted by atomic mass is 19.1. The van der Waals surface area contributed by atoms with Crippen molar-refractivity contribution < 1.29 is 18.7 Å². The lowest BCUT2D eigenvalue weighted by molar-refractivity contribution is -0.120. The van der Waals surface area contributed by atoms with E-state index in [1.165, 1.54) is 23.3 Å². The fourth-order valence-electron chi connectivity index (χ4n) is 8.21. The molecule has 10 heteroatoms. The van der Waals surface area contributed by atoms with Crippen LogP contribution in [-0.2, 0) is 22.6 Å². The number of carbonyl (C=O) groups is 2. The Labute approximate surface area is 318 Å². The van der Waals surface area contributed by atoms with Crippen molar-refractivity contribution in [1.29, 1.82) is 0 Å². The van der Waals surface area contributed by atoms with Crippen LogP contribution in [0.1, 0.15) is 59.7 Å².